The first-order chi connectivity index (χ1) is 11.0. The molecule has 2 N–H and O–H groups in total. The van der Waals surface area contributed by atoms with Gasteiger partial charge in [-0.05, 0) is 56.4 Å². The lowest BCUT2D eigenvalue weighted by Crippen LogP contribution is -2.32. The average Bonchev–Trinajstić information content (AvgIpc) is 2.48. The number of rotatable bonds is 13. The molecule has 12 heteroatoms. The van der Waals surface area contributed by atoms with Gasteiger partial charge in [0, 0.05) is 24.6 Å². The number of hydrogen-bond acceptors (Lipinski definition) is 4. The van der Waals surface area contributed by atoms with Crippen molar-refractivity contribution in [2.45, 2.75) is 0 Å². The van der Waals surface area contributed by atoms with E-state index in [-0.39, 0.29) is 0 Å². The van der Waals surface area contributed by atoms with E-state index in [1.807, 2.05) is 56.4 Å². The fraction of sp³-hybridized carbons (Fsp3) is 1.00. The van der Waals surface area contributed by atoms with Crippen LogP contribution in [-0.2, 0) is 9.13 Å². The molecule has 146 valence electrons. The van der Waals surface area contributed by atoms with E-state index in [2.05, 4.69) is 10.2 Å². The molecule has 0 aliphatic carbocycles. The minimum Gasteiger partial charge on any atom is -0.271 e. The largest absolute Gasteiger partial charge is 0.283 e. The van der Waals surface area contributed by atoms with Crippen LogP contribution in [0.3, 0.4) is 0 Å². The molecule has 0 saturated heterocycles. The molecule has 24 heavy (non-hydrogen) atoms. The van der Waals surface area contributed by atoms with Crippen LogP contribution in [0.1, 0.15) is 0 Å². The van der Waals surface area contributed by atoms with Crippen LogP contribution in [0.25, 0.3) is 0 Å². The van der Waals surface area contributed by atoms with E-state index < -0.39 is 15.2 Å². The van der Waals surface area contributed by atoms with Crippen LogP contribution in [0, 0.1) is 0 Å². The molecular formula is C12H34N6O2P2S2. The Kier molecular flexibility index (Phi) is 12.0. The fourth-order valence-corrected chi connectivity index (χ4v) is 7.35. The molecule has 0 aliphatic rings. The molecule has 0 amide bonds. The topological polar surface area (TPSA) is 71.2 Å². The summed E-state index contributed by atoms with van der Waals surface area (Å²) in [5.41, 5.74) is 0. The van der Waals surface area contributed by atoms with Gasteiger partial charge in [-0.2, -0.15) is 0 Å². The van der Waals surface area contributed by atoms with Crippen LogP contribution in [0.2, 0.25) is 0 Å². The molecule has 0 radical (unpaired) electrons. The summed E-state index contributed by atoms with van der Waals surface area (Å²) in [5.74, 6) is 1.71. The highest BCUT2D eigenvalue weighted by atomic mass is 33.1. The number of hydrogen-bond donors (Lipinski definition) is 2. The molecule has 0 rings (SSSR count). The molecule has 0 spiro atoms. The predicted octanol–water partition coefficient (Wildman–Crippen LogP) is 2.01. The molecule has 0 aromatic rings. The Labute approximate surface area is 155 Å². The zero-order valence-corrected chi connectivity index (χ0v) is 19.6. The second-order valence-corrected chi connectivity index (χ2v) is 14.6. The van der Waals surface area contributed by atoms with Gasteiger partial charge >= 0.3 is 0 Å². The first kappa shape index (κ1) is 24.9. The zero-order chi connectivity index (χ0) is 19.0. The highest BCUT2D eigenvalue weighted by molar-refractivity contribution is 8.76. The van der Waals surface area contributed by atoms with Crippen LogP contribution in [0.4, 0.5) is 0 Å². The van der Waals surface area contributed by atoms with Crippen LogP contribution in [0.15, 0.2) is 0 Å². The highest BCUT2D eigenvalue weighted by Gasteiger charge is 2.27. The summed E-state index contributed by atoms with van der Waals surface area (Å²) in [6.45, 7) is 1.35. The summed E-state index contributed by atoms with van der Waals surface area (Å²) in [6.07, 6.45) is 0. The molecule has 0 aromatic heterocycles. The second-order valence-electron chi connectivity index (χ2n) is 5.94. The lowest BCUT2D eigenvalue weighted by Gasteiger charge is -2.31. The summed E-state index contributed by atoms with van der Waals surface area (Å²) in [5, 5.41) is 6.28. The van der Waals surface area contributed by atoms with Gasteiger partial charge in [-0.25, -0.2) is 28.9 Å². The maximum Gasteiger partial charge on any atom is 0.283 e. The van der Waals surface area contributed by atoms with Crippen molar-refractivity contribution >= 4 is 36.8 Å². The maximum atomic E-state index is 12.7. The number of nitrogens with one attached hydrogen (secondary N) is 2. The summed E-state index contributed by atoms with van der Waals surface area (Å²) in [6, 6.07) is 0. The standard InChI is InChI=1S/C12H34N6O2P2S2/c1-15(2)21(19,16(3)4)13-9-11-23-24-12-10-14-22(20,17(5)6)18(7)8/h9-12H2,1-8H3,(H,13,19)(H,14,20). The van der Waals surface area contributed by atoms with Crippen molar-refractivity contribution in [2.24, 2.45) is 0 Å². The average molecular weight is 421 g/mol. The molecular weight excluding hydrogens is 386 g/mol. The summed E-state index contributed by atoms with van der Waals surface area (Å²) >= 11 is 0. The van der Waals surface area contributed by atoms with Gasteiger partial charge < -0.3 is 0 Å². The van der Waals surface area contributed by atoms with Gasteiger partial charge in [0.1, 0.15) is 0 Å². The Balaban J connectivity index is 3.97. The molecule has 0 atom stereocenters. The predicted molar refractivity (Wildman–Crippen MR) is 111 cm³/mol. The van der Waals surface area contributed by atoms with Crippen LogP contribution in [-0.4, -0.2) is 99.7 Å². The van der Waals surface area contributed by atoms with Crippen molar-refractivity contribution in [3.05, 3.63) is 0 Å². The maximum absolute atomic E-state index is 12.7. The molecule has 0 fully saturated rings. The van der Waals surface area contributed by atoms with E-state index in [1.165, 1.54) is 0 Å². The third kappa shape index (κ3) is 7.66. The Morgan fingerprint density at radius 1 is 0.625 bits per heavy atom. The molecule has 0 saturated carbocycles. The lowest BCUT2D eigenvalue weighted by molar-refractivity contribution is 0.434. The lowest BCUT2D eigenvalue weighted by atomic mass is 10.8. The van der Waals surface area contributed by atoms with Gasteiger partial charge in [0.05, 0.1) is 0 Å². The van der Waals surface area contributed by atoms with Crippen LogP contribution >= 0.6 is 36.8 Å². The van der Waals surface area contributed by atoms with E-state index in [0.29, 0.717) is 13.1 Å². The third-order valence-electron chi connectivity index (χ3n) is 3.26. The van der Waals surface area contributed by atoms with Crippen molar-refractivity contribution < 1.29 is 9.13 Å². The van der Waals surface area contributed by atoms with Crippen molar-refractivity contribution in [3.8, 4) is 0 Å². The normalized spacial score (nSPS) is 13.7. The van der Waals surface area contributed by atoms with Crippen molar-refractivity contribution in [2.75, 3.05) is 81.0 Å². The summed E-state index contributed by atoms with van der Waals surface area (Å²) < 4.78 is 32.2. The van der Waals surface area contributed by atoms with Crippen molar-refractivity contribution in [1.82, 2.24) is 28.9 Å². The van der Waals surface area contributed by atoms with Gasteiger partial charge in [-0.3, -0.25) is 9.13 Å². The van der Waals surface area contributed by atoms with Gasteiger partial charge in [0.15, 0.2) is 0 Å². The van der Waals surface area contributed by atoms with E-state index in [1.54, 1.807) is 40.3 Å². The second kappa shape index (κ2) is 11.6. The third-order valence-corrected chi connectivity index (χ3v) is 11.3. The molecule has 0 heterocycles. The molecule has 0 bridgehead atoms. The smallest absolute Gasteiger partial charge is 0.271 e. The van der Waals surface area contributed by atoms with Crippen LogP contribution in [0.5, 0.6) is 0 Å². The molecule has 0 aliphatic heterocycles. The Bertz CT molecular complexity index is 387. The van der Waals surface area contributed by atoms with Crippen molar-refractivity contribution in [1.29, 1.82) is 0 Å². The van der Waals surface area contributed by atoms with E-state index in [9.17, 15) is 9.13 Å². The molecule has 8 nitrogen and oxygen atoms in total. The minimum absolute atomic E-state index is 0.673. The zero-order valence-electron chi connectivity index (χ0n) is 16.1. The van der Waals surface area contributed by atoms with Gasteiger partial charge in [-0.1, -0.05) is 21.6 Å². The summed E-state index contributed by atoms with van der Waals surface area (Å²) in [4.78, 5) is 0. The fourth-order valence-electron chi connectivity index (χ4n) is 1.86. The van der Waals surface area contributed by atoms with Gasteiger partial charge in [0.2, 0.25) is 0 Å². The van der Waals surface area contributed by atoms with Crippen LogP contribution < -0.4 is 10.2 Å². The Morgan fingerprint density at radius 2 is 0.875 bits per heavy atom. The van der Waals surface area contributed by atoms with Gasteiger partial charge in [0.25, 0.3) is 15.2 Å². The molecule has 0 unspecified atom stereocenters. The van der Waals surface area contributed by atoms with E-state index in [4.69, 9.17) is 0 Å². The Morgan fingerprint density at radius 3 is 1.08 bits per heavy atom. The number of nitrogens with zero attached hydrogens (tertiary/aromatic N) is 4. The monoisotopic (exact) mass is 420 g/mol. The van der Waals surface area contributed by atoms with Gasteiger partial charge in [-0.15, -0.1) is 0 Å². The SMILES string of the molecule is CN(C)P(=O)(NCCSSCCNP(=O)(N(C)C)N(C)C)N(C)C. The quantitative estimate of drug-likeness (QED) is 0.263. The highest BCUT2D eigenvalue weighted by Crippen LogP contribution is 2.45. The Hall–Kier alpha value is 0.920. The van der Waals surface area contributed by atoms with E-state index >= 15 is 0 Å². The molecule has 0 aromatic carbocycles. The first-order valence-corrected chi connectivity index (χ1v) is 13.4. The summed E-state index contributed by atoms with van der Waals surface area (Å²) in [7, 11) is 12.7. The van der Waals surface area contributed by atoms with Crippen molar-refractivity contribution in [3.63, 3.8) is 0 Å². The van der Waals surface area contributed by atoms with E-state index in [0.717, 1.165) is 11.5 Å². The minimum atomic E-state index is -2.64. The first-order valence-electron chi connectivity index (χ1n) is 7.64.